The molecule has 0 spiro atoms. The van der Waals surface area contributed by atoms with Crippen LogP contribution in [0.3, 0.4) is 0 Å². The largest absolute Gasteiger partial charge is 0.465 e. The number of ether oxygens (including phenoxy) is 1. The molecule has 0 aliphatic rings. The molecule has 1 aromatic heterocycles. The quantitative estimate of drug-likeness (QED) is 0.491. The van der Waals surface area contributed by atoms with Crippen molar-refractivity contribution in [1.29, 1.82) is 5.26 Å². The maximum absolute atomic E-state index is 11.8. The van der Waals surface area contributed by atoms with Gasteiger partial charge in [0.2, 0.25) is 0 Å². The predicted octanol–water partition coefficient (Wildman–Crippen LogP) is 2.14. The number of nitrogens with one attached hydrogen (secondary N) is 1. The molecule has 132 valence electrons. The van der Waals surface area contributed by atoms with Gasteiger partial charge in [0, 0.05) is 11.6 Å². The minimum atomic E-state index is -1.06. The Kier molecular flexibility index (Phi) is 5.55. The Morgan fingerprint density at radius 1 is 1.27 bits per heavy atom. The van der Waals surface area contributed by atoms with Gasteiger partial charge in [0.1, 0.15) is 23.2 Å². The molecule has 8 heteroatoms. The summed E-state index contributed by atoms with van der Waals surface area (Å²) in [4.78, 5) is 34.2. The highest BCUT2D eigenvalue weighted by Gasteiger charge is 2.16. The van der Waals surface area contributed by atoms with Crippen molar-refractivity contribution in [2.24, 2.45) is 5.73 Å². The van der Waals surface area contributed by atoms with Crippen molar-refractivity contribution in [1.82, 2.24) is 5.32 Å². The van der Waals surface area contributed by atoms with Crippen LogP contribution in [-0.4, -0.2) is 25.0 Å². The van der Waals surface area contributed by atoms with Gasteiger partial charge in [0.05, 0.1) is 12.7 Å². The number of nitrogens with two attached hydrogens (primary N) is 1. The number of esters is 1. The SMILES string of the molecule is COC(=O)c1cccc(-c2ccc(/C=C(/C#N)C(=O)NC(N)=O)o2)c1C. The fourth-order valence-electron chi connectivity index (χ4n) is 2.28. The molecule has 0 unspecified atom stereocenters. The Balaban J connectivity index is 2.38. The minimum Gasteiger partial charge on any atom is -0.465 e. The Labute approximate surface area is 148 Å². The van der Waals surface area contributed by atoms with E-state index < -0.39 is 17.9 Å². The van der Waals surface area contributed by atoms with Crippen LogP contribution in [0.2, 0.25) is 0 Å². The first-order valence-corrected chi connectivity index (χ1v) is 7.38. The minimum absolute atomic E-state index is 0.221. The molecule has 8 nitrogen and oxygen atoms in total. The van der Waals surface area contributed by atoms with Crippen molar-refractivity contribution in [2.45, 2.75) is 6.92 Å². The lowest BCUT2D eigenvalue weighted by Gasteiger charge is -2.07. The third-order valence-corrected chi connectivity index (χ3v) is 3.52. The molecule has 0 saturated carbocycles. The molecule has 0 aliphatic carbocycles. The first-order chi connectivity index (χ1) is 12.4. The van der Waals surface area contributed by atoms with Crippen LogP contribution in [0.25, 0.3) is 17.4 Å². The highest BCUT2D eigenvalue weighted by molar-refractivity contribution is 6.08. The van der Waals surface area contributed by atoms with Gasteiger partial charge in [-0.15, -0.1) is 0 Å². The van der Waals surface area contributed by atoms with Crippen molar-refractivity contribution < 1.29 is 23.5 Å². The highest BCUT2D eigenvalue weighted by Crippen LogP contribution is 2.28. The van der Waals surface area contributed by atoms with Gasteiger partial charge >= 0.3 is 12.0 Å². The average Bonchev–Trinajstić information content (AvgIpc) is 3.06. The fourth-order valence-corrected chi connectivity index (χ4v) is 2.28. The molecule has 3 amide bonds. The number of hydrogen-bond acceptors (Lipinski definition) is 6. The van der Waals surface area contributed by atoms with Crippen LogP contribution in [0.1, 0.15) is 21.7 Å². The molecule has 2 aromatic rings. The number of methoxy groups -OCH3 is 1. The summed E-state index contributed by atoms with van der Waals surface area (Å²) in [5.74, 6) is -0.737. The maximum atomic E-state index is 11.8. The Bertz CT molecular complexity index is 950. The molecule has 0 aliphatic heterocycles. The third kappa shape index (κ3) is 3.96. The van der Waals surface area contributed by atoms with E-state index in [1.165, 1.54) is 13.2 Å². The molecular formula is C18H15N3O5. The number of nitriles is 1. The van der Waals surface area contributed by atoms with E-state index >= 15 is 0 Å². The van der Waals surface area contributed by atoms with Gasteiger partial charge < -0.3 is 14.9 Å². The van der Waals surface area contributed by atoms with Crippen LogP contribution in [0.4, 0.5) is 4.79 Å². The standard InChI is InChI=1S/C18H15N3O5/c1-10-13(4-3-5-14(10)17(23)25-2)15-7-6-12(26-15)8-11(9-19)16(22)21-18(20)24/h3-8H,1-2H3,(H3,20,21,22,24)/b11-8-. The summed E-state index contributed by atoms with van der Waals surface area (Å²) >= 11 is 0. The summed E-state index contributed by atoms with van der Waals surface area (Å²) in [6, 6.07) is 8.88. The maximum Gasteiger partial charge on any atom is 0.338 e. The smallest absolute Gasteiger partial charge is 0.338 e. The number of benzene rings is 1. The lowest BCUT2D eigenvalue weighted by atomic mass is 10.0. The molecule has 2 rings (SSSR count). The topological polar surface area (TPSA) is 135 Å². The van der Waals surface area contributed by atoms with Gasteiger partial charge in [-0.1, -0.05) is 12.1 Å². The van der Waals surface area contributed by atoms with Gasteiger partial charge in [0.25, 0.3) is 5.91 Å². The Morgan fingerprint density at radius 3 is 2.62 bits per heavy atom. The summed E-state index contributed by atoms with van der Waals surface area (Å²) < 4.78 is 10.4. The molecule has 26 heavy (non-hydrogen) atoms. The zero-order valence-electron chi connectivity index (χ0n) is 14.0. The van der Waals surface area contributed by atoms with E-state index in [0.717, 1.165) is 0 Å². The number of imide groups is 1. The summed E-state index contributed by atoms with van der Waals surface area (Å²) in [5, 5.41) is 10.8. The van der Waals surface area contributed by atoms with Crippen LogP contribution in [0.15, 0.2) is 40.3 Å². The van der Waals surface area contributed by atoms with Gasteiger partial charge in [-0.2, -0.15) is 5.26 Å². The number of nitrogens with zero attached hydrogens (tertiary/aromatic N) is 1. The van der Waals surface area contributed by atoms with Crippen LogP contribution in [0, 0.1) is 18.3 Å². The van der Waals surface area contributed by atoms with Gasteiger partial charge in [0.15, 0.2) is 0 Å². The number of urea groups is 1. The van der Waals surface area contributed by atoms with Gasteiger partial charge in [-0.05, 0) is 30.7 Å². The number of hydrogen-bond donors (Lipinski definition) is 2. The van der Waals surface area contributed by atoms with Gasteiger partial charge in [-0.3, -0.25) is 10.1 Å². The Hall–Kier alpha value is -3.86. The summed E-state index contributed by atoms with van der Waals surface area (Å²) in [5.41, 5.74) is 6.24. The van der Waals surface area contributed by atoms with Crippen molar-refractivity contribution in [3.05, 3.63) is 52.8 Å². The van der Waals surface area contributed by atoms with E-state index in [0.29, 0.717) is 22.5 Å². The van der Waals surface area contributed by atoms with E-state index in [1.54, 1.807) is 48.6 Å². The molecule has 3 N–H and O–H groups in total. The summed E-state index contributed by atoms with van der Waals surface area (Å²) in [7, 11) is 1.30. The number of furan rings is 1. The molecule has 0 fully saturated rings. The second kappa shape index (κ2) is 7.81. The van der Waals surface area contributed by atoms with Crippen LogP contribution >= 0.6 is 0 Å². The fraction of sp³-hybridized carbons (Fsp3) is 0.111. The van der Waals surface area contributed by atoms with Gasteiger partial charge in [-0.25, -0.2) is 9.59 Å². The molecule has 0 atom stereocenters. The van der Waals surface area contributed by atoms with Crippen molar-refractivity contribution in [3.8, 4) is 17.4 Å². The second-order valence-corrected chi connectivity index (χ2v) is 5.16. The zero-order valence-corrected chi connectivity index (χ0v) is 14.0. The lowest BCUT2D eigenvalue weighted by Crippen LogP contribution is -2.35. The number of amides is 3. The third-order valence-electron chi connectivity index (χ3n) is 3.52. The first kappa shape index (κ1) is 18.5. The lowest BCUT2D eigenvalue weighted by molar-refractivity contribution is -0.116. The summed E-state index contributed by atoms with van der Waals surface area (Å²) in [6.07, 6.45) is 1.18. The van der Waals surface area contributed by atoms with Crippen molar-refractivity contribution in [2.75, 3.05) is 7.11 Å². The Morgan fingerprint density at radius 2 is 2.00 bits per heavy atom. The number of rotatable bonds is 4. The molecule has 1 aromatic carbocycles. The molecule has 0 radical (unpaired) electrons. The van der Waals surface area contributed by atoms with E-state index in [4.69, 9.17) is 20.1 Å². The average molecular weight is 353 g/mol. The van der Waals surface area contributed by atoms with Crippen LogP contribution in [-0.2, 0) is 9.53 Å². The molecule has 1 heterocycles. The molecular weight excluding hydrogens is 338 g/mol. The van der Waals surface area contributed by atoms with E-state index in [-0.39, 0.29) is 11.3 Å². The van der Waals surface area contributed by atoms with Crippen molar-refractivity contribution in [3.63, 3.8) is 0 Å². The monoisotopic (exact) mass is 353 g/mol. The predicted molar refractivity (Wildman–Crippen MR) is 91.5 cm³/mol. The first-order valence-electron chi connectivity index (χ1n) is 7.38. The normalized spacial score (nSPS) is 10.7. The summed E-state index contributed by atoms with van der Waals surface area (Å²) in [6.45, 7) is 1.75. The number of primary amides is 1. The van der Waals surface area contributed by atoms with Crippen molar-refractivity contribution >= 4 is 24.0 Å². The molecule has 0 saturated heterocycles. The number of carbonyl (C=O) groups is 3. The highest BCUT2D eigenvalue weighted by atomic mass is 16.5. The molecule has 0 bridgehead atoms. The van der Waals surface area contributed by atoms with Crippen LogP contribution in [0.5, 0.6) is 0 Å². The van der Waals surface area contributed by atoms with E-state index in [2.05, 4.69) is 0 Å². The number of carbonyl (C=O) groups excluding carboxylic acids is 3. The van der Waals surface area contributed by atoms with E-state index in [1.807, 2.05) is 0 Å². The zero-order chi connectivity index (χ0) is 19.3. The van der Waals surface area contributed by atoms with Crippen LogP contribution < -0.4 is 11.1 Å². The second-order valence-electron chi connectivity index (χ2n) is 5.16. The van der Waals surface area contributed by atoms with E-state index in [9.17, 15) is 14.4 Å².